The minimum Gasteiger partial charge on any atom is -0.347 e. The first-order chi connectivity index (χ1) is 13.1. The predicted molar refractivity (Wildman–Crippen MR) is 103 cm³/mol. The van der Waals surface area contributed by atoms with E-state index in [-0.39, 0.29) is 17.9 Å². The van der Waals surface area contributed by atoms with Crippen molar-refractivity contribution in [1.29, 1.82) is 0 Å². The van der Waals surface area contributed by atoms with Crippen molar-refractivity contribution < 1.29 is 9.59 Å². The minimum absolute atomic E-state index is 0.00883. The molecule has 2 aliphatic heterocycles. The fourth-order valence-corrected chi connectivity index (χ4v) is 4.54. The summed E-state index contributed by atoms with van der Waals surface area (Å²) in [6.07, 6.45) is 8.63. The number of carbonyl (C=O) groups is 2. The van der Waals surface area contributed by atoms with Crippen molar-refractivity contribution in [2.45, 2.75) is 64.0 Å². The number of amides is 2. The van der Waals surface area contributed by atoms with Crippen LogP contribution in [0, 0.1) is 0 Å². The Kier molecular flexibility index (Phi) is 5.48. The van der Waals surface area contributed by atoms with Crippen molar-refractivity contribution in [3.05, 3.63) is 17.2 Å². The standard InChI is InChI=1S/C20H31N5O2/c1-23-11-13-24(14-12-23)20(27)17-16-9-5-6-10-25(16)18(22-17)19(26)21-15-7-3-2-4-8-15/h15H,2-14H2,1H3,(H,21,26). The maximum atomic E-state index is 13.1. The first-order valence-electron chi connectivity index (χ1n) is 10.5. The number of likely N-dealkylation sites (N-methyl/N-ethyl adjacent to an activating group) is 1. The van der Waals surface area contributed by atoms with E-state index >= 15 is 0 Å². The Balaban J connectivity index is 1.55. The molecule has 4 rings (SSSR count). The highest BCUT2D eigenvalue weighted by molar-refractivity contribution is 5.97. The summed E-state index contributed by atoms with van der Waals surface area (Å²) in [5.74, 6) is 0.320. The minimum atomic E-state index is -0.109. The zero-order valence-corrected chi connectivity index (χ0v) is 16.4. The Morgan fingerprint density at radius 2 is 1.70 bits per heavy atom. The van der Waals surface area contributed by atoms with Gasteiger partial charge < -0.3 is 19.7 Å². The number of carbonyl (C=O) groups excluding carboxylic acids is 2. The fraction of sp³-hybridized carbons (Fsp3) is 0.750. The second-order valence-corrected chi connectivity index (χ2v) is 8.24. The highest BCUT2D eigenvalue weighted by Gasteiger charge is 2.31. The van der Waals surface area contributed by atoms with Crippen molar-refractivity contribution in [3.8, 4) is 0 Å². The highest BCUT2D eigenvalue weighted by atomic mass is 16.2. The molecule has 148 valence electrons. The van der Waals surface area contributed by atoms with Gasteiger partial charge in [-0.3, -0.25) is 9.59 Å². The van der Waals surface area contributed by atoms with Crippen molar-refractivity contribution in [3.63, 3.8) is 0 Å². The average molecular weight is 374 g/mol. The number of piperazine rings is 1. The molecule has 7 heteroatoms. The summed E-state index contributed by atoms with van der Waals surface area (Å²) < 4.78 is 2.00. The quantitative estimate of drug-likeness (QED) is 0.875. The molecule has 0 radical (unpaired) electrons. The van der Waals surface area contributed by atoms with Crippen LogP contribution in [0.25, 0.3) is 0 Å². The summed E-state index contributed by atoms with van der Waals surface area (Å²) in [6.45, 7) is 4.01. The third kappa shape index (κ3) is 3.88. The lowest BCUT2D eigenvalue weighted by atomic mass is 9.95. The fourth-order valence-electron chi connectivity index (χ4n) is 4.54. The Morgan fingerprint density at radius 3 is 2.44 bits per heavy atom. The first kappa shape index (κ1) is 18.5. The van der Waals surface area contributed by atoms with Crippen LogP contribution in [0.15, 0.2) is 0 Å². The average Bonchev–Trinajstić information content (AvgIpc) is 3.09. The molecule has 0 unspecified atom stereocenters. The van der Waals surface area contributed by atoms with E-state index in [1.54, 1.807) is 0 Å². The van der Waals surface area contributed by atoms with Gasteiger partial charge in [-0.25, -0.2) is 4.98 Å². The molecule has 1 aromatic rings. The zero-order valence-electron chi connectivity index (χ0n) is 16.4. The van der Waals surface area contributed by atoms with E-state index in [1.165, 1.54) is 19.3 Å². The third-order valence-electron chi connectivity index (χ3n) is 6.25. The second kappa shape index (κ2) is 8.00. The summed E-state index contributed by atoms with van der Waals surface area (Å²) >= 11 is 0. The summed E-state index contributed by atoms with van der Waals surface area (Å²) in [4.78, 5) is 34.7. The van der Waals surface area contributed by atoms with Gasteiger partial charge in [-0.05, 0) is 39.2 Å². The van der Waals surface area contributed by atoms with Crippen LogP contribution in [0.4, 0.5) is 0 Å². The molecular formula is C20H31N5O2. The van der Waals surface area contributed by atoms with Crippen LogP contribution in [0.3, 0.4) is 0 Å². The molecule has 0 spiro atoms. The molecule has 2 amide bonds. The molecule has 1 saturated carbocycles. The van der Waals surface area contributed by atoms with Crippen LogP contribution < -0.4 is 5.32 Å². The van der Waals surface area contributed by atoms with Gasteiger partial charge in [0.25, 0.3) is 11.8 Å². The van der Waals surface area contributed by atoms with Gasteiger partial charge in [-0.15, -0.1) is 0 Å². The van der Waals surface area contributed by atoms with Gasteiger partial charge in [0, 0.05) is 38.8 Å². The van der Waals surface area contributed by atoms with E-state index < -0.39 is 0 Å². The van der Waals surface area contributed by atoms with E-state index in [2.05, 4.69) is 22.2 Å². The van der Waals surface area contributed by atoms with Crippen LogP contribution in [0.1, 0.15) is 71.7 Å². The Hall–Kier alpha value is -1.89. The number of nitrogens with zero attached hydrogens (tertiary/aromatic N) is 4. The molecule has 2 fully saturated rings. The Bertz CT molecular complexity index is 699. The van der Waals surface area contributed by atoms with E-state index in [0.29, 0.717) is 11.5 Å². The second-order valence-electron chi connectivity index (χ2n) is 8.24. The number of aromatic nitrogens is 2. The number of rotatable bonds is 3. The number of imidazole rings is 1. The van der Waals surface area contributed by atoms with Crippen LogP contribution in [-0.2, 0) is 13.0 Å². The Morgan fingerprint density at radius 1 is 0.963 bits per heavy atom. The topological polar surface area (TPSA) is 70.5 Å². The van der Waals surface area contributed by atoms with Crippen LogP contribution in [0.5, 0.6) is 0 Å². The lowest BCUT2D eigenvalue weighted by molar-refractivity contribution is 0.0657. The third-order valence-corrected chi connectivity index (χ3v) is 6.25. The largest absolute Gasteiger partial charge is 0.347 e. The zero-order chi connectivity index (χ0) is 18.8. The molecule has 1 aliphatic carbocycles. The van der Waals surface area contributed by atoms with Gasteiger partial charge in [-0.2, -0.15) is 0 Å². The molecule has 1 N–H and O–H groups in total. The van der Waals surface area contributed by atoms with Gasteiger partial charge in [0.2, 0.25) is 0 Å². The van der Waals surface area contributed by atoms with E-state index in [9.17, 15) is 9.59 Å². The molecule has 7 nitrogen and oxygen atoms in total. The lowest BCUT2D eigenvalue weighted by Gasteiger charge is -2.32. The lowest BCUT2D eigenvalue weighted by Crippen LogP contribution is -2.47. The predicted octanol–water partition coefficient (Wildman–Crippen LogP) is 1.67. The molecule has 1 saturated heterocycles. The number of fused-ring (bicyclic) bond motifs is 1. The smallest absolute Gasteiger partial charge is 0.287 e. The van der Waals surface area contributed by atoms with Gasteiger partial charge in [-0.1, -0.05) is 19.3 Å². The molecule has 0 bridgehead atoms. The van der Waals surface area contributed by atoms with Crippen molar-refractivity contribution in [2.75, 3.05) is 33.2 Å². The molecule has 27 heavy (non-hydrogen) atoms. The van der Waals surface area contributed by atoms with E-state index in [0.717, 1.165) is 70.5 Å². The maximum Gasteiger partial charge on any atom is 0.287 e. The molecule has 0 aromatic carbocycles. The number of hydrogen-bond acceptors (Lipinski definition) is 4. The SMILES string of the molecule is CN1CCN(C(=O)c2nc(C(=O)NC3CCCCC3)n3c2CCCC3)CC1. The summed E-state index contributed by atoms with van der Waals surface area (Å²) in [5, 5.41) is 3.17. The van der Waals surface area contributed by atoms with Crippen LogP contribution in [-0.4, -0.2) is 70.4 Å². The van der Waals surface area contributed by atoms with E-state index in [1.807, 2.05) is 9.47 Å². The maximum absolute atomic E-state index is 13.1. The molecule has 3 aliphatic rings. The van der Waals surface area contributed by atoms with Crippen LogP contribution >= 0.6 is 0 Å². The number of hydrogen-bond donors (Lipinski definition) is 1. The van der Waals surface area contributed by atoms with Crippen molar-refractivity contribution >= 4 is 11.8 Å². The molecule has 3 heterocycles. The van der Waals surface area contributed by atoms with Gasteiger partial charge >= 0.3 is 0 Å². The molecular weight excluding hydrogens is 342 g/mol. The molecule has 1 aromatic heterocycles. The van der Waals surface area contributed by atoms with Gasteiger partial charge in [0.1, 0.15) is 5.69 Å². The van der Waals surface area contributed by atoms with Crippen LogP contribution in [0.2, 0.25) is 0 Å². The molecule has 0 atom stereocenters. The summed E-state index contributed by atoms with van der Waals surface area (Å²) in [6, 6.07) is 0.250. The highest BCUT2D eigenvalue weighted by Crippen LogP contribution is 2.24. The normalized spacial score (nSPS) is 21.7. The number of nitrogens with one attached hydrogen (secondary N) is 1. The summed E-state index contributed by atoms with van der Waals surface area (Å²) in [5.41, 5.74) is 1.46. The van der Waals surface area contributed by atoms with E-state index in [4.69, 9.17) is 0 Å². The van der Waals surface area contributed by atoms with Gasteiger partial charge in [0.15, 0.2) is 5.82 Å². The Labute approximate surface area is 161 Å². The first-order valence-corrected chi connectivity index (χ1v) is 10.5. The monoisotopic (exact) mass is 373 g/mol. The summed E-state index contributed by atoms with van der Waals surface area (Å²) in [7, 11) is 2.08. The van der Waals surface area contributed by atoms with Crippen molar-refractivity contribution in [2.24, 2.45) is 0 Å². The van der Waals surface area contributed by atoms with Gasteiger partial charge in [0.05, 0.1) is 5.69 Å². The van der Waals surface area contributed by atoms with Crippen molar-refractivity contribution in [1.82, 2.24) is 24.7 Å².